The van der Waals surface area contributed by atoms with Crippen LogP contribution in [0.1, 0.15) is 20.8 Å². The summed E-state index contributed by atoms with van der Waals surface area (Å²) in [5, 5.41) is 8.67. The maximum atomic E-state index is 11.4. The van der Waals surface area contributed by atoms with Gasteiger partial charge in [-0.05, 0) is 5.41 Å². The summed E-state index contributed by atoms with van der Waals surface area (Å²) in [5.74, 6) is 0. The fraction of sp³-hybridized carbons (Fsp3) is 0.778. The molecule has 2 amide bonds. The van der Waals surface area contributed by atoms with Crippen molar-refractivity contribution in [1.29, 1.82) is 5.26 Å². The molecule has 1 rings (SSSR count). The second-order valence-corrected chi connectivity index (χ2v) is 4.49. The summed E-state index contributed by atoms with van der Waals surface area (Å²) in [4.78, 5) is 14.3. The molecule has 1 aliphatic heterocycles. The molecule has 0 aromatic heterocycles. The molecule has 1 heterocycles. The van der Waals surface area contributed by atoms with Gasteiger partial charge in [0.15, 0.2) is 6.19 Å². The standard InChI is InChI=1S/C9H15N3O/c1-9(2,3)7-5-12(6-10)8(13)11(7)4/h7H,5H2,1-4H3. The number of hydrogen-bond donors (Lipinski definition) is 0. The average Bonchev–Trinajstić information content (AvgIpc) is 2.28. The molecule has 1 fully saturated rings. The first-order valence-electron chi connectivity index (χ1n) is 4.32. The molecule has 4 heteroatoms. The third kappa shape index (κ3) is 1.59. The molecule has 4 nitrogen and oxygen atoms in total. The largest absolute Gasteiger partial charge is 0.333 e. The SMILES string of the molecule is CN1C(=O)N(C#N)CC1C(C)(C)C. The molecule has 0 spiro atoms. The molecule has 0 saturated carbocycles. The van der Waals surface area contributed by atoms with Gasteiger partial charge in [-0.25, -0.2) is 9.69 Å². The lowest BCUT2D eigenvalue weighted by atomic mass is 9.86. The molecule has 0 aromatic carbocycles. The van der Waals surface area contributed by atoms with Gasteiger partial charge >= 0.3 is 6.03 Å². The number of hydrogen-bond acceptors (Lipinski definition) is 2. The van der Waals surface area contributed by atoms with Crippen molar-refractivity contribution < 1.29 is 4.79 Å². The van der Waals surface area contributed by atoms with Crippen LogP contribution in [0.2, 0.25) is 0 Å². The Labute approximate surface area is 78.7 Å². The highest BCUT2D eigenvalue weighted by Crippen LogP contribution is 2.28. The number of nitrogens with zero attached hydrogens (tertiary/aromatic N) is 3. The van der Waals surface area contributed by atoms with Gasteiger partial charge in [-0.1, -0.05) is 20.8 Å². The Kier molecular flexibility index (Phi) is 2.21. The van der Waals surface area contributed by atoms with Crippen molar-refractivity contribution in [2.24, 2.45) is 5.41 Å². The number of amides is 2. The van der Waals surface area contributed by atoms with Crippen LogP contribution in [0, 0.1) is 16.9 Å². The van der Waals surface area contributed by atoms with Crippen LogP contribution in [0.25, 0.3) is 0 Å². The summed E-state index contributed by atoms with van der Waals surface area (Å²) in [7, 11) is 1.75. The van der Waals surface area contributed by atoms with Gasteiger partial charge in [0.05, 0.1) is 12.6 Å². The van der Waals surface area contributed by atoms with Gasteiger partial charge in [0.25, 0.3) is 0 Å². The minimum atomic E-state index is -0.192. The Hall–Kier alpha value is -1.24. The number of rotatable bonds is 0. The molecule has 1 saturated heterocycles. The van der Waals surface area contributed by atoms with Crippen LogP contribution in [0.15, 0.2) is 0 Å². The molecule has 0 aromatic rings. The maximum Gasteiger partial charge on any atom is 0.333 e. The van der Waals surface area contributed by atoms with Gasteiger partial charge in [0, 0.05) is 7.05 Å². The molecule has 1 atom stereocenters. The van der Waals surface area contributed by atoms with Crippen LogP contribution in [-0.4, -0.2) is 35.5 Å². The molecule has 0 radical (unpaired) electrons. The Morgan fingerprint density at radius 2 is 2.08 bits per heavy atom. The molecular formula is C9H15N3O. The van der Waals surface area contributed by atoms with E-state index in [1.807, 2.05) is 6.19 Å². The maximum absolute atomic E-state index is 11.4. The fourth-order valence-corrected chi connectivity index (χ4v) is 1.64. The van der Waals surface area contributed by atoms with E-state index in [0.717, 1.165) is 0 Å². The van der Waals surface area contributed by atoms with Gasteiger partial charge in [0.1, 0.15) is 0 Å². The van der Waals surface area contributed by atoms with Crippen molar-refractivity contribution in [2.75, 3.05) is 13.6 Å². The zero-order valence-corrected chi connectivity index (χ0v) is 8.53. The lowest BCUT2D eigenvalue weighted by molar-refractivity contribution is 0.173. The van der Waals surface area contributed by atoms with E-state index in [1.54, 1.807) is 11.9 Å². The topological polar surface area (TPSA) is 47.3 Å². The molecule has 1 unspecified atom stereocenters. The van der Waals surface area contributed by atoms with Crippen LogP contribution in [-0.2, 0) is 0 Å². The number of carbonyl (C=O) groups is 1. The summed E-state index contributed by atoms with van der Waals surface area (Å²) in [6.45, 7) is 6.72. The number of carbonyl (C=O) groups excluding carboxylic acids is 1. The van der Waals surface area contributed by atoms with E-state index in [9.17, 15) is 4.79 Å². The average molecular weight is 181 g/mol. The van der Waals surface area contributed by atoms with Crippen molar-refractivity contribution in [3.63, 3.8) is 0 Å². The van der Waals surface area contributed by atoms with Crippen molar-refractivity contribution >= 4 is 6.03 Å². The van der Waals surface area contributed by atoms with E-state index >= 15 is 0 Å². The van der Waals surface area contributed by atoms with Gasteiger partial charge in [-0.3, -0.25) is 0 Å². The molecule has 13 heavy (non-hydrogen) atoms. The fourth-order valence-electron chi connectivity index (χ4n) is 1.64. The van der Waals surface area contributed by atoms with Crippen LogP contribution in [0.5, 0.6) is 0 Å². The first-order valence-corrected chi connectivity index (χ1v) is 4.32. The van der Waals surface area contributed by atoms with Crippen LogP contribution in [0.4, 0.5) is 4.79 Å². The predicted molar refractivity (Wildman–Crippen MR) is 48.7 cm³/mol. The normalized spacial score (nSPS) is 23.6. The van der Waals surface area contributed by atoms with Crippen molar-refractivity contribution in [3.8, 4) is 6.19 Å². The first-order chi connectivity index (χ1) is 5.88. The second-order valence-electron chi connectivity index (χ2n) is 4.49. The Balaban J connectivity index is 2.85. The highest BCUT2D eigenvalue weighted by Gasteiger charge is 2.41. The molecule has 72 valence electrons. The number of nitriles is 1. The minimum Gasteiger partial charge on any atom is -0.322 e. The lowest BCUT2D eigenvalue weighted by Gasteiger charge is -2.30. The molecule has 0 bridgehead atoms. The van der Waals surface area contributed by atoms with E-state index in [0.29, 0.717) is 6.54 Å². The quantitative estimate of drug-likeness (QED) is 0.528. The molecule has 0 N–H and O–H groups in total. The summed E-state index contributed by atoms with van der Waals surface area (Å²) in [6.07, 6.45) is 1.89. The molecule has 0 aliphatic carbocycles. The van der Waals surface area contributed by atoms with Crippen molar-refractivity contribution in [2.45, 2.75) is 26.8 Å². The van der Waals surface area contributed by atoms with Gasteiger partial charge in [-0.2, -0.15) is 5.26 Å². The zero-order chi connectivity index (χ0) is 10.2. The third-order valence-corrected chi connectivity index (χ3v) is 2.48. The number of likely N-dealkylation sites (N-methyl/N-ethyl adjacent to an activating group) is 1. The Morgan fingerprint density at radius 3 is 2.31 bits per heavy atom. The highest BCUT2D eigenvalue weighted by atomic mass is 16.2. The van der Waals surface area contributed by atoms with E-state index in [2.05, 4.69) is 20.8 Å². The highest BCUT2D eigenvalue weighted by molar-refractivity contribution is 5.78. The van der Waals surface area contributed by atoms with E-state index in [4.69, 9.17) is 5.26 Å². The van der Waals surface area contributed by atoms with E-state index < -0.39 is 0 Å². The van der Waals surface area contributed by atoms with Crippen LogP contribution in [0.3, 0.4) is 0 Å². The van der Waals surface area contributed by atoms with Crippen molar-refractivity contribution in [3.05, 3.63) is 0 Å². The molecular weight excluding hydrogens is 166 g/mol. The minimum absolute atomic E-state index is 0.0238. The Bertz CT molecular complexity index is 261. The number of urea groups is 1. The second kappa shape index (κ2) is 2.91. The summed E-state index contributed by atoms with van der Waals surface area (Å²) in [6, 6.07) is -0.0675. The van der Waals surface area contributed by atoms with Gasteiger partial charge in [-0.15, -0.1) is 0 Å². The van der Waals surface area contributed by atoms with Crippen LogP contribution < -0.4 is 0 Å². The molecule has 1 aliphatic rings. The Morgan fingerprint density at radius 1 is 1.54 bits per heavy atom. The predicted octanol–water partition coefficient (Wildman–Crippen LogP) is 1.25. The van der Waals surface area contributed by atoms with E-state index in [1.165, 1.54) is 4.90 Å². The smallest absolute Gasteiger partial charge is 0.322 e. The lowest BCUT2D eigenvalue weighted by Crippen LogP contribution is -2.39. The van der Waals surface area contributed by atoms with Gasteiger partial charge < -0.3 is 4.90 Å². The summed E-state index contributed by atoms with van der Waals surface area (Å²) in [5.41, 5.74) is 0.0238. The summed E-state index contributed by atoms with van der Waals surface area (Å²) >= 11 is 0. The third-order valence-electron chi connectivity index (χ3n) is 2.48. The van der Waals surface area contributed by atoms with Crippen LogP contribution >= 0.6 is 0 Å². The van der Waals surface area contributed by atoms with E-state index in [-0.39, 0.29) is 17.5 Å². The first kappa shape index (κ1) is 9.85. The van der Waals surface area contributed by atoms with Crippen molar-refractivity contribution in [1.82, 2.24) is 9.80 Å². The monoisotopic (exact) mass is 181 g/mol. The zero-order valence-electron chi connectivity index (χ0n) is 8.53. The van der Waals surface area contributed by atoms with Gasteiger partial charge in [0.2, 0.25) is 0 Å². The summed E-state index contributed by atoms with van der Waals surface area (Å²) < 4.78 is 0.